The van der Waals surface area contributed by atoms with E-state index in [1.165, 1.54) is 30.0 Å². The van der Waals surface area contributed by atoms with Gasteiger partial charge in [-0.3, -0.25) is 4.79 Å². The first kappa shape index (κ1) is 22.9. The predicted octanol–water partition coefficient (Wildman–Crippen LogP) is 2.36. The van der Waals surface area contributed by atoms with Gasteiger partial charge in [0.25, 0.3) is 5.91 Å². The van der Waals surface area contributed by atoms with Gasteiger partial charge in [-0.25, -0.2) is 14.4 Å². The number of fused-ring (bicyclic) bond motifs is 2. The Morgan fingerprint density at radius 3 is 2.74 bits per heavy atom. The summed E-state index contributed by atoms with van der Waals surface area (Å²) in [5.74, 6) is -1.07. The Labute approximate surface area is 200 Å². The Hall–Kier alpha value is -3.83. The standard InChI is InChI=1S/C24H26FN7O3/c1-13-8-31(9-14(2)27-13)20-5-4-17(21-18(20)7-26-24(30-21)35-3)23(34)29-15-6-19(25)22-28-16(12-33)11-32(22)10-15/h4-7,10-11,13-14,27,33H,8-9,12H2,1-3H3,(H,29,34)/t13-,14-/m1/s1. The van der Waals surface area contributed by atoms with Crippen LogP contribution in [0, 0.1) is 5.82 Å². The van der Waals surface area contributed by atoms with Crippen LogP contribution in [0.25, 0.3) is 16.6 Å². The topological polar surface area (TPSA) is 117 Å². The number of anilines is 2. The van der Waals surface area contributed by atoms with Crippen LogP contribution in [0.1, 0.15) is 29.9 Å². The van der Waals surface area contributed by atoms with Gasteiger partial charge in [0.15, 0.2) is 11.5 Å². The minimum absolute atomic E-state index is 0.0683. The van der Waals surface area contributed by atoms with Crippen LogP contribution in [0.3, 0.4) is 0 Å². The number of aliphatic hydroxyl groups excluding tert-OH is 1. The number of nitrogens with one attached hydrogen (secondary N) is 2. The number of imidazole rings is 1. The van der Waals surface area contributed by atoms with Crippen LogP contribution in [-0.4, -0.2) is 62.6 Å². The lowest BCUT2D eigenvalue weighted by Gasteiger charge is -2.38. The smallest absolute Gasteiger partial charge is 0.316 e. The zero-order valence-corrected chi connectivity index (χ0v) is 19.6. The van der Waals surface area contributed by atoms with Gasteiger partial charge in [-0.05, 0) is 26.0 Å². The summed E-state index contributed by atoms with van der Waals surface area (Å²) in [4.78, 5) is 28.3. The van der Waals surface area contributed by atoms with Crippen molar-refractivity contribution in [3.8, 4) is 6.01 Å². The number of aliphatic hydroxyl groups is 1. The molecule has 1 aliphatic heterocycles. The molecule has 3 aromatic heterocycles. The number of hydrogen-bond donors (Lipinski definition) is 3. The second kappa shape index (κ2) is 9.08. The number of halogens is 1. The first-order chi connectivity index (χ1) is 16.9. The molecule has 0 saturated carbocycles. The first-order valence-electron chi connectivity index (χ1n) is 11.3. The number of rotatable bonds is 5. The number of pyridine rings is 1. The number of carbonyl (C=O) groups is 1. The highest BCUT2D eigenvalue weighted by Gasteiger charge is 2.25. The average Bonchev–Trinajstić information content (AvgIpc) is 3.26. The van der Waals surface area contributed by atoms with Crippen LogP contribution in [0.4, 0.5) is 15.8 Å². The van der Waals surface area contributed by atoms with Crippen molar-refractivity contribution in [2.24, 2.45) is 0 Å². The third kappa shape index (κ3) is 4.35. The molecule has 0 spiro atoms. The maximum absolute atomic E-state index is 14.6. The van der Waals surface area contributed by atoms with E-state index < -0.39 is 11.7 Å². The summed E-state index contributed by atoms with van der Waals surface area (Å²) in [6, 6.07) is 5.55. The number of carbonyl (C=O) groups excluding carboxylic acids is 1. The van der Waals surface area contributed by atoms with Crippen LogP contribution in [-0.2, 0) is 6.61 Å². The zero-order chi connectivity index (χ0) is 24.7. The lowest BCUT2D eigenvalue weighted by molar-refractivity contribution is 0.102. The Kier molecular flexibility index (Phi) is 5.95. The molecule has 2 atom stereocenters. The quantitative estimate of drug-likeness (QED) is 0.400. The highest BCUT2D eigenvalue weighted by Crippen LogP contribution is 2.31. The fraction of sp³-hybridized carbons (Fsp3) is 0.333. The van der Waals surface area contributed by atoms with Gasteiger partial charge in [-0.2, -0.15) is 4.98 Å². The number of hydrogen-bond acceptors (Lipinski definition) is 8. The first-order valence-corrected chi connectivity index (χ1v) is 11.3. The van der Waals surface area contributed by atoms with Crippen molar-refractivity contribution in [3.05, 3.63) is 53.9 Å². The number of amides is 1. The third-order valence-electron chi connectivity index (χ3n) is 6.01. The van der Waals surface area contributed by atoms with Gasteiger partial charge in [0.2, 0.25) is 0 Å². The molecule has 0 unspecified atom stereocenters. The molecule has 3 N–H and O–H groups in total. The van der Waals surface area contributed by atoms with Gasteiger partial charge in [0.1, 0.15) is 0 Å². The molecular formula is C24H26FN7O3. The summed E-state index contributed by atoms with van der Waals surface area (Å²) in [6.45, 7) is 5.55. The van der Waals surface area contributed by atoms with Gasteiger partial charge in [0, 0.05) is 60.9 Å². The number of piperazine rings is 1. The Morgan fingerprint density at radius 1 is 1.26 bits per heavy atom. The minimum Gasteiger partial charge on any atom is -0.467 e. The summed E-state index contributed by atoms with van der Waals surface area (Å²) in [5, 5.41) is 16.3. The molecule has 4 heterocycles. The molecular weight excluding hydrogens is 453 g/mol. The maximum Gasteiger partial charge on any atom is 0.316 e. The molecule has 35 heavy (non-hydrogen) atoms. The lowest BCUT2D eigenvalue weighted by atomic mass is 10.0. The van der Waals surface area contributed by atoms with E-state index in [2.05, 4.69) is 44.3 Å². The van der Waals surface area contributed by atoms with Crippen LogP contribution < -0.4 is 20.3 Å². The molecule has 0 aliphatic carbocycles. The van der Waals surface area contributed by atoms with Crippen molar-refractivity contribution < 1.29 is 19.0 Å². The van der Waals surface area contributed by atoms with E-state index in [-0.39, 0.29) is 24.0 Å². The number of ether oxygens (including phenoxy) is 1. The van der Waals surface area contributed by atoms with Crippen LogP contribution >= 0.6 is 0 Å². The Balaban J connectivity index is 1.53. The third-order valence-corrected chi connectivity index (χ3v) is 6.01. The maximum atomic E-state index is 14.6. The molecule has 182 valence electrons. The molecule has 11 heteroatoms. The Morgan fingerprint density at radius 2 is 2.03 bits per heavy atom. The van der Waals surface area contributed by atoms with Crippen molar-refractivity contribution in [2.45, 2.75) is 32.5 Å². The minimum atomic E-state index is -0.617. The molecule has 10 nitrogen and oxygen atoms in total. The second-order valence-corrected chi connectivity index (χ2v) is 8.78. The number of nitrogens with zero attached hydrogens (tertiary/aromatic N) is 5. The SMILES string of the molecule is COc1ncc2c(N3C[C@@H](C)N[C@H](C)C3)ccc(C(=O)Nc3cc(F)c4nc(CO)cn4c3)c2n1. The summed E-state index contributed by atoms with van der Waals surface area (Å²) in [6.07, 6.45) is 4.71. The zero-order valence-electron chi connectivity index (χ0n) is 19.6. The molecule has 1 aliphatic rings. The normalized spacial score (nSPS) is 18.3. The number of aromatic nitrogens is 4. The lowest BCUT2D eigenvalue weighted by Crippen LogP contribution is -2.54. The van der Waals surface area contributed by atoms with Crippen LogP contribution in [0.5, 0.6) is 6.01 Å². The largest absolute Gasteiger partial charge is 0.467 e. The van der Waals surface area contributed by atoms with Crippen molar-refractivity contribution in [1.29, 1.82) is 0 Å². The van der Waals surface area contributed by atoms with Crippen molar-refractivity contribution in [1.82, 2.24) is 24.7 Å². The Bertz CT molecular complexity index is 1410. The summed E-state index contributed by atoms with van der Waals surface area (Å²) < 4.78 is 21.2. The summed E-state index contributed by atoms with van der Waals surface area (Å²) >= 11 is 0. The van der Waals surface area contributed by atoms with E-state index in [0.29, 0.717) is 28.9 Å². The van der Waals surface area contributed by atoms with E-state index in [4.69, 9.17) is 4.74 Å². The monoisotopic (exact) mass is 479 g/mol. The summed E-state index contributed by atoms with van der Waals surface area (Å²) in [5.41, 5.74) is 2.32. The molecule has 0 radical (unpaired) electrons. The molecule has 1 fully saturated rings. The predicted molar refractivity (Wildman–Crippen MR) is 129 cm³/mol. The fourth-order valence-electron chi connectivity index (χ4n) is 4.62. The number of benzene rings is 1. The van der Waals surface area contributed by atoms with Crippen LogP contribution in [0.15, 0.2) is 36.8 Å². The molecule has 4 aromatic rings. The molecule has 1 amide bonds. The molecule has 1 saturated heterocycles. The van der Waals surface area contributed by atoms with E-state index >= 15 is 0 Å². The average molecular weight is 480 g/mol. The van der Waals surface area contributed by atoms with E-state index in [9.17, 15) is 14.3 Å². The van der Waals surface area contributed by atoms with Crippen molar-refractivity contribution >= 4 is 33.8 Å². The van der Waals surface area contributed by atoms with Gasteiger partial charge < -0.3 is 29.8 Å². The van der Waals surface area contributed by atoms with Gasteiger partial charge in [-0.1, -0.05) is 0 Å². The highest BCUT2D eigenvalue weighted by molar-refractivity contribution is 6.13. The summed E-state index contributed by atoms with van der Waals surface area (Å²) in [7, 11) is 1.47. The fourth-order valence-corrected chi connectivity index (χ4v) is 4.62. The van der Waals surface area contributed by atoms with Crippen LogP contribution in [0.2, 0.25) is 0 Å². The molecule has 0 bridgehead atoms. The van der Waals surface area contributed by atoms with Crippen molar-refractivity contribution in [2.75, 3.05) is 30.4 Å². The van der Waals surface area contributed by atoms with E-state index in [0.717, 1.165) is 24.2 Å². The highest BCUT2D eigenvalue weighted by atomic mass is 19.1. The second-order valence-electron chi connectivity index (χ2n) is 8.78. The van der Waals surface area contributed by atoms with Gasteiger partial charge >= 0.3 is 6.01 Å². The van der Waals surface area contributed by atoms with E-state index in [1.807, 2.05) is 6.07 Å². The van der Waals surface area contributed by atoms with Gasteiger partial charge in [0.05, 0.1) is 36.2 Å². The number of methoxy groups -OCH3 is 1. The van der Waals surface area contributed by atoms with E-state index in [1.54, 1.807) is 12.3 Å². The van der Waals surface area contributed by atoms with Crippen molar-refractivity contribution in [3.63, 3.8) is 0 Å². The molecule has 1 aromatic carbocycles. The molecule has 5 rings (SSSR count). The van der Waals surface area contributed by atoms with Gasteiger partial charge in [-0.15, -0.1) is 0 Å².